The molecule has 1 aromatic rings. The smallest absolute Gasteiger partial charge is 0.345 e. The Morgan fingerprint density at radius 2 is 2.08 bits per heavy atom. The number of fused-ring (bicyclic) bond motifs is 2. The molecule has 1 atom stereocenters. The van der Waals surface area contributed by atoms with Gasteiger partial charge in [0.05, 0.1) is 12.5 Å². The summed E-state index contributed by atoms with van der Waals surface area (Å²) in [6.45, 7) is 3.95. The van der Waals surface area contributed by atoms with Crippen LogP contribution in [0.15, 0.2) is 6.07 Å². The third-order valence-electron chi connectivity index (χ3n) is 6.04. The van der Waals surface area contributed by atoms with Gasteiger partial charge in [0.25, 0.3) is 0 Å². The lowest BCUT2D eigenvalue weighted by molar-refractivity contribution is -0.145. The summed E-state index contributed by atoms with van der Waals surface area (Å²) in [5.74, 6) is -0.473. The summed E-state index contributed by atoms with van der Waals surface area (Å²) < 4.78 is 6.19. The van der Waals surface area contributed by atoms with E-state index >= 15 is 0 Å². The second kappa shape index (κ2) is 6.94. The van der Waals surface area contributed by atoms with Gasteiger partial charge >= 0.3 is 5.97 Å². The summed E-state index contributed by atoms with van der Waals surface area (Å²) in [5.41, 5.74) is 0.721. The Morgan fingerprint density at radius 1 is 1.31 bits per heavy atom. The van der Waals surface area contributed by atoms with Gasteiger partial charge in [-0.25, -0.2) is 4.79 Å². The van der Waals surface area contributed by atoms with Crippen molar-refractivity contribution in [2.45, 2.75) is 37.7 Å². The summed E-state index contributed by atoms with van der Waals surface area (Å²) in [6.07, 6.45) is 4.36. The van der Waals surface area contributed by atoms with Crippen molar-refractivity contribution in [1.29, 1.82) is 0 Å². The lowest BCUT2D eigenvalue weighted by atomic mass is 9.84. The standard InChI is InChI=1S/C19H26N2O4S/c1-20-7-2-3-14(12-20)17(22)21-8-5-19(6-9-21)16-13(4-10-25-19)11-15(26-16)18(23)24/h11,14H,2-10,12H2,1H3,(H,23,24). The molecule has 3 aliphatic rings. The molecule has 2 fully saturated rings. The van der Waals surface area contributed by atoms with Gasteiger partial charge in [-0.05, 0) is 57.3 Å². The first-order valence-corrected chi connectivity index (χ1v) is 10.3. The number of hydrogen-bond donors (Lipinski definition) is 1. The number of rotatable bonds is 2. The van der Waals surface area contributed by atoms with Crippen LogP contribution in [-0.2, 0) is 21.6 Å². The van der Waals surface area contributed by atoms with Crippen LogP contribution < -0.4 is 0 Å². The molecule has 4 heterocycles. The van der Waals surface area contributed by atoms with E-state index in [0.29, 0.717) is 24.6 Å². The van der Waals surface area contributed by atoms with Crippen molar-refractivity contribution < 1.29 is 19.4 Å². The van der Waals surface area contributed by atoms with E-state index in [2.05, 4.69) is 11.9 Å². The second-order valence-corrected chi connectivity index (χ2v) is 8.84. The number of thiophene rings is 1. The quantitative estimate of drug-likeness (QED) is 0.854. The van der Waals surface area contributed by atoms with Crippen molar-refractivity contribution in [2.24, 2.45) is 5.92 Å². The van der Waals surface area contributed by atoms with Crippen molar-refractivity contribution in [3.8, 4) is 0 Å². The van der Waals surface area contributed by atoms with E-state index in [9.17, 15) is 14.7 Å². The minimum atomic E-state index is -0.867. The van der Waals surface area contributed by atoms with Gasteiger partial charge in [0.15, 0.2) is 0 Å². The number of ether oxygens (including phenoxy) is 1. The van der Waals surface area contributed by atoms with Crippen LogP contribution in [0.3, 0.4) is 0 Å². The highest BCUT2D eigenvalue weighted by atomic mass is 32.1. The van der Waals surface area contributed by atoms with Crippen LogP contribution in [0.4, 0.5) is 0 Å². The number of likely N-dealkylation sites (tertiary alicyclic amines) is 2. The zero-order valence-electron chi connectivity index (χ0n) is 15.2. The van der Waals surface area contributed by atoms with Crippen LogP contribution in [0.25, 0.3) is 0 Å². The maximum atomic E-state index is 12.9. The first-order chi connectivity index (χ1) is 12.5. The highest BCUT2D eigenvalue weighted by Crippen LogP contribution is 2.45. The lowest BCUT2D eigenvalue weighted by Crippen LogP contribution is -2.51. The number of carboxylic acid groups (broad SMARTS) is 1. The maximum Gasteiger partial charge on any atom is 0.345 e. The van der Waals surface area contributed by atoms with Crippen molar-refractivity contribution >= 4 is 23.2 Å². The van der Waals surface area contributed by atoms with Crippen LogP contribution in [0.2, 0.25) is 0 Å². The Labute approximate surface area is 157 Å². The van der Waals surface area contributed by atoms with E-state index in [-0.39, 0.29) is 11.8 Å². The molecule has 1 spiro atoms. The minimum Gasteiger partial charge on any atom is -0.477 e. The number of hydrogen-bond acceptors (Lipinski definition) is 5. The van der Waals surface area contributed by atoms with Gasteiger partial charge < -0.3 is 19.6 Å². The van der Waals surface area contributed by atoms with Gasteiger partial charge in [-0.3, -0.25) is 4.79 Å². The number of piperidine rings is 2. The summed E-state index contributed by atoms with van der Waals surface area (Å²) in [4.78, 5) is 29.9. The second-order valence-electron chi connectivity index (χ2n) is 7.79. The maximum absolute atomic E-state index is 12.9. The lowest BCUT2D eigenvalue weighted by Gasteiger charge is -2.44. The Bertz CT molecular complexity index is 708. The first kappa shape index (κ1) is 17.9. The van der Waals surface area contributed by atoms with Gasteiger partial charge in [0.2, 0.25) is 5.91 Å². The molecule has 0 bridgehead atoms. The molecule has 0 saturated carbocycles. The SMILES string of the molecule is CN1CCCC(C(=O)N2CCC3(CC2)OCCc2cc(C(=O)O)sc23)C1. The Kier molecular flexibility index (Phi) is 4.79. The van der Waals surface area contributed by atoms with Crippen molar-refractivity contribution in [3.05, 3.63) is 21.4 Å². The molecular formula is C19H26N2O4S. The van der Waals surface area contributed by atoms with Crippen molar-refractivity contribution in [1.82, 2.24) is 9.80 Å². The van der Waals surface area contributed by atoms with Gasteiger partial charge in [-0.15, -0.1) is 11.3 Å². The molecule has 0 radical (unpaired) electrons. The average Bonchev–Trinajstić information content (AvgIpc) is 3.08. The fourth-order valence-electron chi connectivity index (χ4n) is 4.61. The number of carbonyl (C=O) groups excluding carboxylic acids is 1. The zero-order chi connectivity index (χ0) is 18.3. The first-order valence-electron chi connectivity index (χ1n) is 9.46. The molecule has 1 unspecified atom stereocenters. The van der Waals surface area contributed by atoms with Gasteiger partial charge in [0, 0.05) is 24.5 Å². The Morgan fingerprint density at radius 3 is 2.77 bits per heavy atom. The highest BCUT2D eigenvalue weighted by Gasteiger charge is 2.44. The van der Waals surface area contributed by atoms with Crippen LogP contribution >= 0.6 is 11.3 Å². The Hall–Kier alpha value is -1.44. The van der Waals surface area contributed by atoms with Crippen LogP contribution in [0.5, 0.6) is 0 Å². The predicted octanol–water partition coefficient (Wildman–Crippen LogP) is 2.18. The van der Waals surface area contributed by atoms with Gasteiger partial charge in [-0.1, -0.05) is 0 Å². The number of amides is 1. The summed E-state index contributed by atoms with van der Waals surface area (Å²) in [6, 6.07) is 1.81. The van der Waals surface area contributed by atoms with Crippen molar-refractivity contribution in [2.75, 3.05) is 39.8 Å². The summed E-state index contributed by atoms with van der Waals surface area (Å²) in [7, 11) is 2.08. The van der Waals surface area contributed by atoms with Gasteiger partial charge in [-0.2, -0.15) is 0 Å². The van der Waals surface area contributed by atoms with Crippen LogP contribution in [0, 0.1) is 5.92 Å². The molecule has 4 rings (SSSR count). The van der Waals surface area contributed by atoms with E-state index in [4.69, 9.17) is 4.74 Å². The topological polar surface area (TPSA) is 70.1 Å². The molecule has 1 N–H and O–H groups in total. The molecular weight excluding hydrogens is 352 g/mol. The van der Waals surface area contributed by atoms with Crippen molar-refractivity contribution in [3.63, 3.8) is 0 Å². The molecule has 142 valence electrons. The van der Waals surface area contributed by atoms with Gasteiger partial charge in [0.1, 0.15) is 10.5 Å². The number of carbonyl (C=O) groups is 2. The van der Waals surface area contributed by atoms with E-state index in [1.54, 1.807) is 0 Å². The molecule has 2 saturated heterocycles. The number of carboxylic acids is 1. The largest absolute Gasteiger partial charge is 0.477 e. The number of nitrogens with zero attached hydrogens (tertiary/aromatic N) is 2. The van der Waals surface area contributed by atoms with E-state index in [1.807, 2.05) is 11.0 Å². The molecule has 0 aliphatic carbocycles. The highest BCUT2D eigenvalue weighted by molar-refractivity contribution is 7.14. The average molecular weight is 378 g/mol. The summed E-state index contributed by atoms with van der Waals surface area (Å²) >= 11 is 1.35. The van der Waals surface area contributed by atoms with E-state index < -0.39 is 11.6 Å². The monoisotopic (exact) mass is 378 g/mol. The number of aromatic carboxylic acids is 1. The molecule has 3 aliphatic heterocycles. The third kappa shape index (κ3) is 3.17. The van der Waals surface area contributed by atoms with E-state index in [1.165, 1.54) is 11.3 Å². The molecule has 7 heteroatoms. The molecule has 0 aromatic carbocycles. The molecule has 26 heavy (non-hydrogen) atoms. The minimum absolute atomic E-state index is 0.117. The predicted molar refractivity (Wildman–Crippen MR) is 98.6 cm³/mol. The fraction of sp³-hybridized carbons (Fsp3) is 0.684. The zero-order valence-corrected chi connectivity index (χ0v) is 16.0. The third-order valence-corrected chi connectivity index (χ3v) is 7.39. The van der Waals surface area contributed by atoms with E-state index in [0.717, 1.165) is 55.6 Å². The molecule has 6 nitrogen and oxygen atoms in total. The Balaban J connectivity index is 1.47. The fourth-order valence-corrected chi connectivity index (χ4v) is 5.86. The molecule has 1 amide bonds. The summed E-state index contributed by atoms with van der Waals surface area (Å²) in [5, 5.41) is 9.31. The normalized spacial score (nSPS) is 25.9. The van der Waals surface area contributed by atoms with Crippen LogP contribution in [-0.4, -0.2) is 66.6 Å². The molecule has 1 aromatic heterocycles. The van der Waals surface area contributed by atoms with Crippen LogP contribution in [0.1, 0.15) is 45.8 Å².